The molecule has 0 aliphatic heterocycles. The van der Waals surface area contributed by atoms with Crippen molar-refractivity contribution in [2.24, 2.45) is 0 Å². The molecule has 0 saturated carbocycles. The molecule has 0 bridgehead atoms. The van der Waals surface area contributed by atoms with Gasteiger partial charge in [0.1, 0.15) is 0 Å². The lowest BCUT2D eigenvalue weighted by Crippen LogP contribution is -2.04. The van der Waals surface area contributed by atoms with Crippen LogP contribution in [0.25, 0.3) is 0 Å². The summed E-state index contributed by atoms with van der Waals surface area (Å²) in [5.74, 6) is 0.812. The molecule has 0 aromatic heterocycles. The number of ether oxygens (including phenoxy) is 1. The molecular weight excluding hydrogens is 216 g/mol. The minimum atomic E-state index is -0.325. The van der Waals surface area contributed by atoms with Gasteiger partial charge >= 0.3 is 5.97 Å². The average molecular weight is 234 g/mol. The standard InChI is InChI=1S/C10H18O2S2/c1-4-9(11)12-8-6-7-10(13-3)14-5-2/h4,10H,1,5-8H2,2-3H3. The fourth-order valence-corrected chi connectivity index (χ4v) is 3.00. The molecule has 0 spiro atoms. The van der Waals surface area contributed by atoms with Crippen LogP contribution in [0.15, 0.2) is 12.7 Å². The fourth-order valence-electron chi connectivity index (χ4n) is 0.937. The maximum absolute atomic E-state index is 10.7. The quantitative estimate of drug-likeness (QED) is 0.279. The van der Waals surface area contributed by atoms with Crippen molar-refractivity contribution in [1.82, 2.24) is 0 Å². The molecule has 2 nitrogen and oxygen atoms in total. The van der Waals surface area contributed by atoms with E-state index in [1.54, 1.807) is 0 Å². The van der Waals surface area contributed by atoms with E-state index in [2.05, 4.69) is 19.8 Å². The summed E-state index contributed by atoms with van der Waals surface area (Å²) >= 11 is 3.80. The van der Waals surface area contributed by atoms with Crippen LogP contribution >= 0.6 is 23.5 Å². The first-order valence-corrected chi connectivity index (χ1v) is 7.01. The van der Waals surface area contributed by atoms with Gasteiger partial charge in [0, 0.05) is 6.08 Å². The third-order valence-electron chi connectivity index (χ3n) is 1.61. The zero-order chi connectivity index (χ0) is 10.8. The molecule has 0 amide bonds. The Morgan fingerprint density at radius 1 is 1.64 bits per heavy atom. The van der Waals surface area contributed by atoms with E-state index in [1.807, 2.05) is 23.5 Å². The first kappa shape index (κ1) is 13.9. The van der Waals surface area contributed by atoms with Gasteiger partial charge in [0.25, 0.3) is 0 Å². The Kier molecular flexibility index (Phi) is 9.40. The van der Waals surface area contributed by atoms with E-state index in [0.717, 1.165) is 18.6 Å². The largest absolute Gasteiger partial charge is 0.463 e. The Bertz CT molecular complexity index is 172. The highest BCUT2D eigenvalue weighted by atomic mass is 32.2. The van der Waals surface area contributed by atoms with E-state index in [-0.39, 0.29) is 5.97 Å². The summed E-state index contributed by atoms with van der Waals surface area (Å²) in [6.07, 6.45) is 5.33. The molecular formula is C10H18O2S2. The van der Waals surface area contributed by atoms with Crippen LogP contribution in [-0.2, 0) is 9.53 Å². The number of rotatable bonds is 8. The molecule has 0 radical (unpaired) electrons. The summed E-state index contributed by atoms with van der Waals surface area (Å²) in [7, 11) is 0. The van der Waals surface area contributed by atoms with Gasteiger partial charge < -0.3 is 4.74 Å². The SMILES string of the molecule is C=CC(=O)OCCCC(SC)SCC. The minimum absolute atomic E-state index is 0.325. The van der Waals surface area contributed by atoms with Gasteiger partial charge in [-0.25, -0.2) is 4.79 Å². The number of thioether (sulfide) groups is 2. The van der Waals surface area contributed by atoms with Gasteiger partial charge in [-0.05, 0) is 24.9 Å². The highest BCUT2D eigenvalue weighted by Crippen LogP contribution is 2.25. The van der Waals surface area contributed by atoms with Crippen LogP contribution in [0.3, 0.4) is 0 Å². The lowest BCUT2D eigenvalue weighted by molar-refractivity contribution is -0.137. The molecule has 0 saturated heterocycles. The maximum Gasteiger partial charge on any atom is 0.330 e. The van der Waals surface area contributed by atoms with E-state index < -0.39 is 0 Å². The normalized spacial score (nSPS) is 12.1. The summed E-state index contributed by atoms with van der Waals surface area (Å²) in [5.41, 5.74) is 0. The van der Waals surface area contributed by atoms with Gasteiger partial charge in [0.15, 0.2) is 0 Å². The fraction of sp³-hybridized carbons (Fsp3) is 0.700. The highest BCUT2D eigenvalue weighted by molar-refractivity contribution is 8.16. The monoisotopic (exact) mass is 234 g/mol. The first-order valence-electron chi connectivity index (χ1n) is 4.68. The molecule has 0 aromatic rings. The number of carbonyl (C=O) groups excluding carboxylic acids is 1. The Morgan fingerprint density at radius 2 is 2.36 bits per heavy atom. The predicted octanol–water partition coefficient (Wildman–Crippen LogP) is 2.94. The molecule has 4 heteroatoms. The average Bonchev–Trinajstić information content (AvgIpc) is 2.22. The van der Waals surface area contributed by atoms with Crippen molar-refractivity contribution in [2.45, 2.75) is 24.3 Å². The van der Waals surface area contributed by atoms with Crippen molar-refractivity contribution in [3.8, 4) is 0 Å². The van der Waals surface area contributed by atoms with Crippen LogP contribution in [0.2, 0.25) is 0 Å². The molecule has 0 aliphatic carbocycles. The van der Waals surface area contributed by atoms with Crippen LogP contribution in [0, 0.1) is 0 Å². The molecule has 1 unspecified atom stereocenters. The number of esters is 1. The van der Waals surface area contributed by atoms with Crippen molar-refractivity contribution >= 4 is 29.5 Å². The van der Waals surface area contributed by atoms with Crippen LogP contribution in [0.5, 0.6) is 0 Å². The van der Waals surface area contributed by atoms with Gasteiger partial charge in [-0.15, -0.1) is 11.8 Å². The Morgan fingerprint density at radius 3 is 2.86 bits per heavy atom. The summed E-state index contributed by atoms with van der Waals surface area (Å²) in [5, 5.41) is 0. The second-order valence-electron chi connectivity index (χ2n) is 2.63. The second-order valence-corrected chi connectivity index (χ2v) is 5.45. The molecule has 0 aliphatic rings. The van der Waals surface area contributed by atoms with Gasteiger partial charge in [-0.1, -0.05) is 13.5 Å². The minimum Gasteiger partial charge on any atom is -0.463 e. The number of hydrogen-bond donors (Lipinski definition) is 0. The summed E-state index contributed by atoms with van der Waals surface area (Å²) in [6, 6.07) is 0. The molecule has 82 valence electrons. The van der Waals surface area contributed by atoms with Crippen LogP contribution in [0.4, 0.5) is 0 Å². The van der Waals surface area contributed by atoms with Gasteiger partial charge in [0.2, 0.25) is 0 Å². The van der Waals surface area contributed by atoms with E-state index in [0.29, 0.717) is 11.2 Å². The lowest BCUT2D eigenvalue weighted by atomic mass is 10.3. The van der Waals surface area contributed by atoms with Crippen LogP contribution in [0.1, 0.15) is 19.8 Å². The van der Waals surface area contributed by atoms with Crippen LogP contribution < -0.4 is 0 Å². The molecule has 0 N–H and O–H groups in total. The van der Waals surface area contributed by atoms with Crippen molar-refractivity contribution in [3.05, 3.63) is 12.7 Å². The summed E-state index contributed by atoms with van der Waals surface area (Å²) < 4.78 is 5.52. The smallest absolute Gasteiger partial charge is 0.330 e. The van der Waals surface area contributed by atoms with Crippen molar-refractivity contribution in [1.29, 1.82) is 0 Å². The topological polar surface area (TPSA) is 26.3 Å². The van der Waals surface area contributed by atoms with Crippen molar-refractivity contribution in [3.63, 3.8) is 0 Å². The van der Waals surface area contributed by atoms with E-state index in [9.17, 15) is 4.79 Å². The van der Waals surface area contributed by atoms with Crippen molar-refractivity contribution < 1.29 is 9.53 Å². The predicted molar refractivity (Wildman–Crippen MR) is 65.8 cm³/mol. The van der Waals surface area contributed by atoms with Gasteiger partial charge in [-0.2, -0.15) is 11.8 Å². The van der Waals surface area contributed by atoms with E-state index >= 15 is 0 Å². The van der Waals surface area contributed by atoms with Gasteiger partial charge in [0.05, 0.1) is 11.2 Å². The Balaban J connectivity index is 3.41. The molecule has 0 heterocycles. The molecule has 0 aromatic carbocycles. The van der Waals surface area contributed by atoms with Gasteiger partial charge in [-0.3, -0.25) is 0 Å². The third kappa shape index (κ3) is 7.33. The second kappa shape index (κ2) is 9.46. The van der Waals surface area contributed by atoms with E-state index in [4.69, 9.17) is 4.74 Å². The molecule has 0 fully saturated rings. The van der Waals surface area contributed by atoms with E-state index in [1.165, 1.54) is 6.08 Å². The zero-order valence-electron chi connectivity index (χ0n) is 8.82. The highest BCUT2D eigenvalue weighted by Gasteiger charge is 2.05. The third-order valence-corrected chi connectivity index (χ3v) is 4.30. The Hall–Kier alpha value is -0.0900. The maximum atomic E-state index is 10.7. The molecule has 14 heavy (non-hydrogen) atoms. The van der Waals surface area contributed by atoms with Crippen molar-refractivity contribution in [2.75, 3.05) is 18.6 Å². The lowest BCUT2D eigenvalue weighted by Gasteiger charge is -2.12. The molecule has 1 atom stereocenters. The van der Waals surface area contributed by atoms with Crippen LogP contribution in [-0.4, -0.2) is 29.2 Å². The Labute approximate surface area is 94.9 Å². The summed E-state index contributed by atoms with van der Waals surface area (Å²) in [6.45, 7) is 6.00. The number of carbonyl (C=O) groups is 1. The molecule has 0 rings (SSSR count). The number of hydrogen-bond acceptors (Lipinski definition) is 4. The zero-order valence-corrected chi connectivity index (χ0v) is 10.5. The first-order chi connectivity index (χ1) is 6.74. The summed E-state index contributed by atoms with van der Waals surface area (Å²) in [4.78, 5) is 10.7.